The smallest absolute Gasteiger partial charge is 0.226 e. The van der Waals surface area contributed by atoms with Crippen molar-refractivity contribution in [2.24, 2.45) is 0 Å². The minimum absolute atomic E-state index is 0.0400. The molecule has 0 unspecified atom stereocenters. The molecule has 2 aromatic rings. The third-order valence-electron chi connectivity index (χ3n) is 2.87. The molecule has 0 aliphatic heterocycles. The molecule has 19 heavy (non-hydrogen) atoms. The second kappa shape index (κ2) is 5.56. The van der Waals surface area contributed by atoms with Crippen LogP contribution in [0.2, 0.25) is 0 Å². The molecule has 0 aliphatic rings. The molecule has 3 N–H and O–H groups in total. The normalized spacial score (nSPS) is 10.4. The molecule has 100 valence electrons. The van der Waals surface area contributed by atoms with E-state index in [1.165, 1.54) is 0 Å². The number of nitrogen functional groups attached to an aromatic ring is 1. The van der Waals surface area contributed by atoms with Crippen LogP contribution in [0.4, 0.5) is 11.4 Å². The van der Waals surface area contributed by atoms with E-state index in [0.717, 1.165) is 16.8 Å². The van der Waals surface area contributed by atoms with E-state index < -0.39 is 0 Å². The Labute approximate surface area is 112 Å². The first-order valence-corrected chi connectivity index (χ1v) is 6.19. The van der Waals surface area contributed by atoms with Gasteiger partial charge in [-0.15, -0.1) is 0 Å². The number of benzene rings is 1. The highest BCUT2D eigenvalue weighted by Gasteiger charge is 2.06. The highest BCUT2D eigenvalue weighted by atomic mass is 16.1. The molecule has 5 heteroatoms. The first kappa shape index (κ1) is 13.1. The maximum atomic E-state index is 11.9. The van der Waals surface area contributed by atoms with Crippen molar-refractivity contribution in [3.8, 4) is 0 Å². The first-order valence-electron chi connectivity index (χ1n) is 6.19. The Morgan fingerprint density at radius 1 is 1.42 bits per heavy atom. The van der Waals surface area contributed by atoms with Crippen molar-refractivity contribution in [3.05, 3.63) is 41.7 Å². The summed E-state index contributed by atoms with van der Waals surface area (Å²) < 4.78 is 1.77. The van der Waals surface area contributed by atoms with Gasteiger partial charge in [0.2, 0.25) is 5.91 Å². The summed E-state index contributed by atoms with van der Waals surface area (Å²) in [6, 6.07) is 5.48. The van der Waals surface area contributed by atoms with Gasteiger partial charge in [-0.05, 0) is 37.1 Å². The number of amides is 1. The van der Waals surface area contributed by atoms with Crippen molar-refractivity contribution in [3.63, 3.8) is 0 Å². The van der Waals surface area contributed by atoms with Crippen molar-refractivity contribution in [2.45, 2.75) is 26.8 Å². The van der Waals surface area contributed by atoms with E-state index in [4.69, 9.17) is 5.73 Å². The van der Waals surface area contributed by atoms with Gasteiger partial charge in [-0.25, -0.2) is 0 Å². The number of anilines is 2. The van der Waals surface area contributed by atoms with Crippen molar-refractivity contribution in [2.75, 3.05) is 11.1 Å². The van der Waals surface area contributed by atoms with Crippen LogP contribution in [0.3, 0.4) is 0 Å². The highest BCUT2D eigenvalue weighted by Crippen LogP contribution is 2.18. The number of hydrogen-bond acceptors (Lipinski definition) is 3. The lowest BCUT2D eigenvalue weighted by molar-refractivity contribution is -0.116. The summed E-state index contributed by atoms with van der Waals surface area (Å²) in [5.41, 5.74) is 9.20. The van der Waals surface area contributed by atoms with Crippen LogP contribution in [0, 0.1) is 13.8 Å². The molecule has 0 radical (unpaired) electrons. The second-order valence-electron chi connectivity index (χ2n) is 4.65. The van der Waals surface area contributed by atoms with Gasteiger partial charge >= 0.3 is 0 Å². The summed E-state index contributed by atoms with van der Waals surface area (Å²) in [5.74, 6) is -0.0400. The van der Waals surface area contributed by atoms with Gasteiger partial charge in [0.1, 0.15) is 0 Å². The number of nitrogens with two attached hydrogens (primary N) is 1. The average Bonchev–Trinajstić information content (AvgIpc) is 2.77. The number of rotatable bonds is 4. The van der Waals surface area contributed by atoms with Gasteiger partial charge in [-0.1, -0.05) is 6.07 Å². The summed E-state index contributed by atoms with van der Waals surface area (Å²) in [7, 11) is 0. The van der Waals surface area contributed by atoms with Crippen molar-refractivity contribution < 1.29 is 4.79 Å². The van der Waals surface area contributed by atoms with Crippen LogP contribution >= 0.6 is 0 Å². The maximum absolute atomic E-state index is 11.9. The molecule has 1 heterocycles. The molecule has 1 aromatic carbocycles. The van der Waals surface area contributed by atoms with Crippen LogP contribution in [0.25, 0.3) is 0 Å². The summed E-state index contributed by atoms with van der Waals surface area (Å²) in [6.45, 7) is 4.48. The average molecular weight is 258 g/mol. The predicted octanol–water partition coefficient (Wildman–Crippen LogP) is 2.11. The van der Waals surface area contributed by atoms with Gasteiger partial charge in [0.05, 0.1) is 6.20 Å². The Morgan fingerprint density at radius 2 is 2.21 bits per heavy atom. The van der Waals surface area contributed by atoms with Gasteiger partial charge in [0, 0.05) is 30.5 Å². The number of carbonyl (C=O) groups is 1. The topological polar surface area (TPSA) is 72.9 Å². The Morgan fingerprint density at radius 3 is 2.89 bits per heavy atom. The lowest BCUT2D eigenvalue weighted by atomic mass is 10.2. The minimum Gasteiger partial charge on any atom is -0.399 e. The fourth-order valence-electron chi connectivity index (χ4n) is 1.79. The third kappa shape index (κ3) is 3.58. The number of nitrogens with one attached hydrogen (secondary N) is 1. The first-order chi connectivity index (χ1) is 9.04. The van der Waals surface area contributed by atoms with Gasteiger partial charge in [-0.3, -0.25) is 9.48 Å². The van der Waals surface area contributed by atoms with E-state index in [9.17, 15) is 4.79 Å². The Balaban J connectivity index is 1.92. The van der Waals surface area contributed by atoms with Crippen molar-refractivity contribution in [1.29, 1.82) is 0 Å². The molecule has 2 rings (SSSR count). The molecule has 0 spiro atoms. The molecular formula is C14H18N4O. The number of nitrogens with zero attached hydrogens (tertiary/aromatic N) is 2. The summed E-state index contributed by atoms with van der Waals surface area (Å²) >= 11 is 0. The largest absolute Gasteiger partial charge is 0.399 e. The van der Waals surface area contributed by atoms with Crippen LogP contribution in [0.1, 0.15) is 17.5 Å². The lowest BCUT2D eigenvalue weighted by Crippen LogP contribution is -2.15. The van der Waals surface area contributed by atoms with E-state index in [0.29, 0.717) is 18.7 Å². The quantitative estimate of drug-likeness (QED) is 0.825. The Hall–Kier alpha value is -2.30. The standard InChI is InChI=1S/C14H18N4O/c1-10-8-16-18(9-10)6-5-14(19)17-13-7-12(15)4-3-11(13)2/h3-4,7-9H,5-6,15H2,1-2H3,(H,17,19). The second-order valence-corrected chi connectivity index (χ2v) is 4.65. The molecule has 1 aromatic heterocycles. The fraction of sp³-hybridized carbons (Fsp3) is 0.286. The van der Waals surface area contributed by atoms with Crippen LogP contribution in [-0.2, 0) is 11.3 Å². The van der Waals surface area contributed by atoms with Crippen LogP contribution in [-0.4, -0.2) is 15.7 Å². The molecule has 0 aliphatic carbocycles. The summed E-state index contributed by atoms with van der Waals surface area (Å²) in [5, 5.41) is 7.01. The zero-order chi connectivity index (χ0) is 13.8. The highest BCUT2D eigenvalue weighted by molar-refractivity contribution is 5.91. The number of aromatic nitrogens is 2. The zero-order valence-corrected chi connectivity index (χ0v) is 11.2. The number of hydrogen-bond donors (Lipinski definition) is 2. The summed E-state index contributed by atoms with van der Waals surface area (Å²) in [4.78, 5) is 11.9. The molecule has 0 saturated carbocycles. The van der Waals surface area contributed by atoms with E-state index in [2.05, 4.69) is 10.4 Å². The Bertz CT molecular complexity index is 589. The van der Waals surface area contributed by atoms with Crippen molar-refractivity contribution in [1.82, 2.24) is 9.78 Å². The van der Waals surface area contributed by atoms with E-state index in [1.54, 1.807) is 16.9 Å². The molecule has 0 bridgehead atoms. The molecule has 0 fully saturated rings. The fourth-order valence-corrected chi connectivity index (χ4v) is 1.79. The SMILES string of the molecule is Cc1cnn(CCC(=O)Nc2cc(N)ccc2C)c1. The van der Waals surface area contributed by atoms with Crippen LogP contribution in [0.5, 0.6) is 0 Å². The van der Waals surface area contributed by atoms with Crippen LogP contribution in [0.15, 0.2) is 30.6 Å². The van der Waals surface area contributed by atoms with Gasteiger partial charge in [0.15, 0.2) is 0 Å². The lowest BCUT2D eigenvalue weighted by Gasteiger charge is -2.09. The molecule has 1 amide bonds. The van der Waals surface area contributed by atoms with Gasteiger partial charge in [0.25, 0.3) is 0 Å². The molecular weight excluding hydrogens is 240 g/mol. The van der Waals surface area contributed by atoms with E-state index in [-0.39, 0.29) is 5.91 Å². The monoisotopic (exact) mass is 258 g/mol. The van der Waals surface area contributed by atoms with Crippen molar-refractivity contribution >= 4 is 17.3 Å². The molecule has 0 atom stereocenters. The van der Waals surface area contributed by atoms with E-state index in [1.807, 2.05) is 32.2 Å². The maximum Gasteiger partial charge on any atom is 0.226 e. The van der Waals surface area contributed by atoms with Gasteiger partial charge in [-0.2, -0.15) is 5.10 Å². The predicted molar refractivity (Wildman–Crippen MR) is 75.8 cm³/mol. The summed E-state index contributed by atoms with van der Waals surface area (Å²) in [6.07, 6.45) is 4.08. The number of carbonyl (C=O) groups excluding carboxylic acids is 1. The third-order valence-corrected chi connectivity index (χ3v) is 2.87. The van der Waals surface area contributed by atoms with Gasteiger partial charge < -0.3 is 11.1 Å². The Kier molecular flexibility index (Phi) is 3.85. The zero-order valence-electron chi connectivity index (χ0n) is 11.2. The van der Waals surface area contributed by atoms with E-state index >= 15 is 0 Å². The number of aryl methyl sites for hydroxylation is 3. The molecule has 5 nitrogen and oxygen atoms in total. The van der Waals surface area contributed by atoms with Crippen LogP contribution < -0.4 is 11.1 Å². The minimum atomic E-state index is -0.0400. The molecule has 0 saturated heterocycles.